The van der Waals surface area contributed by atoms with Crippen molar-refractivity contribution < 1.29 is 28.9 Å². The lowest BCUT2D eigenvalue weighted by Gasteiger charge is -2.31. The fraction of sp³-hybridized carbons (Fsp3) is 0.500. The van der Waals surface area contributed by atoms with Gasteiger partial charge in [0.1, 0.15) is 11.5 Å². The number of carboxylic acids is 1. The fourth-order valence-corrected chi connectivity index (χ4v) is 2.31. The SMILES string of the molecule is COc1ccc(C(=O)N2CCOC(C(=O)O)C2)c(OC(C)C)c1. The number of morpholine rings is 1. The van der Waals surface area contributed by atoms with Crippen LogP contribution in [0.25, 0.3) is 0 Å². The van der Waals surface area contributed by atoms with E-state index in [1.807, 2.05) is 13.8 Å². The molecule has 0 spiro atoms. The van der Waals surface area contributed by atoms with E-state index in [-0.39, 0.29) is 25.2 Å². The molecule has 1 aromatic carbocycles. The summed E-state index contributed by atoms with van der Waals surface area (Å²) in [6.45, 7) is 4.28. The van der Waals surface area contributed by atoms with Crippen molar-refractivity contribution in [2.75, 3.05) is 26.8 Å². The van der Waals surface area contributed by atoms with Gasteiger partial charge in [0.05, 0.1) is 31.9 Å². The van der Waals surface area contributed by atoms with Crippen LogP contribution in [0.1, 0.15) is 24.2 Å². The first-order valence-corrected chi connectivity index (χ1v) is 7.40. The lowest BCUT2D eigenvalue weighted by atomic mass is 10.1. The summed E-state index contributed by atoms with van der Waals surface area (Å²) in [6, 6.07) is 4.96. The Balaban J connectivity index is 2.25. The number of carbonyl (C=O) groups excluding carboxylic acids is 1. The van der Waals surface area contributed by atoms with Crippen LogP contribution < -0.4 is 9.47 Å². The zero-order chi connectivity index (χ0) is 17.0. The van der Waals surface area contributed by atoms with E-state index >= 15 is 0 Å². The standard InChI is InChI=1S/C16H21NO6/c1-10(2)23-13-8-11(21-3)4-5-12(13)15(18)17-6-7-22-14(9-17)16(19)20/h4-5,8,10,14H,6-7,9H2,1-3H3,(H,19,20). The Bertz CT molecular complexity index is 586. The van der Waals surface area contributed by atoms with Gasteiger partial charge in [0.15, 0.2) is 6.10 Å². The van der Waals surface area contributed by atoms with Gasteiger partial charge in [-0.1, -0.05) is 0 Å². The molecule has 0 aromatic heterocycles. The van der Waals surface area contributed by atoms with Crippen molar-refractivity contribution in [3.05, 3.63) is 23.8 Å². The van der Waals surface area contributed by atoms with Crippen molar-refractivity contribution >= 4 is 11.9 Å². The van der Waals surface area contributed by atoms with E-state index in [9.17, 15) is 9.59 Å². The van der Waals surface area contributed by atoms with Crippen molar-refractivity contribution in [3.63, 3.8) is 0 Å². The highest BCUT2D eigenvalue weighted by atomic mass is 16.5. The van der Waals surface area contributed by atoms with Crippen molar-refractivity contribution in [2.45, 2.75) is 26.1 Å². The number of ether oxygens (including phenoxy) is 3. The number of hydrogen-bond donors (Lipinski definition) is 1. The third kappa shape index (κ3) is 4.13. The van der Waals surface area contributed by atoms with Crippen LogP contribution in [0.2, 0.25) is 0 Å². The van der Waals surface area contributed by atoms with Gasteiger partial charge < -0.3 is 24.2 Å². The average Bonchev–Trinajstić information content (AvgIpc) is 2.53. The highest BCUT2D eigenvalue weighted by molar-refractivity contribution is 5.97. The average molecular weight is 323 g/mol. The fourth-order valence-electron chi connectivity index (χ4n) is 2.31. The van der Waals surface area contributed by atoms with E-state index in [4.69, 9.17) is 19.3 Å². The topological polar surface area (TPSA) is 85.3 Å². The van der Waals surface area contributed by atoms with Crippen LogP contribution in [0.15, 0.2) is 18.2 Å². The predicted octanol–water partition coefficient (Wildman–Crippen LogP) is 1.41. The van der Waals surface area contributed by atoms with Crippen molar-refractivity contribution in [3.8, 4) is 11.5 Å². The first kappa shape index (κ1) is 17.1. The number of carbonyl (C=O) groups is 2. The Morgan fingerprint density at radius 1 is 1.39 bits per heavy atom. The Morgan fingerprint density at radius 2 is 2.13 bits per heavy atom. The van der Waals surface area contributed by atoms with Crippen LogP contribution in [0.3, 0.4) is 0 Å². The van der Waals surface area contributed by atoms with Gasteiger partial charge in [-0.25, -0.2) is 4.79 Å². The Labute approximate surface area is 134 Å². The molecule has 0 bridgehead atoms. The maximum atomic E-state index is 12.7. The van der Waals surface area contributed by atoms with Crippen LogP contribution in [-0.2, 0) is 9.53 Å². The van der Waals surface area contributed by atoms with Gasteiger partial charge in [0.25, 0.3) is 5.91 Å². The van der Waals surface area contributed by atoms with Crippen LogP contribution in [0.5, 0.6) is 11.5 Å². The smallest absolute Gasteiger partial charge is 0.334 e. The largest absolute Gasteiger partial charge is 0.497 e. The zero-order valence-electron chi connectivity index (χ0n) is 13.4. The minimum absolute atomic E-state index is 0.0152. The maximum Gasteiger partial charge on any atom is 0.334 e. The highest BCUT2D eigenvalue weighted by Gasteiger charge is 2.30. The molecule has 1 aliphatic rings. The summed E-state index contributed by atoms with van der Waals surface area (Å²) in [5.74, 6) is -0.348. The van der Waals surface area contributed by atoms with Crippen LogP contribution >= 0.6 is 0 Å². The molecule has 1 amide bonds. The third-order valence-electron chi connectivity index (χ3n) is 3.41. The van der Waals surface area contributed by atoms with E-state index in [0.717, 1.165) is 0 Å². The number of carboxylic acid groups (broad SMARTS) is 1. The molecule has 1 fully saturated rings. The Morgan fingerprint density at radius 3 is 2.74 bits per heavy atom. The summed E-state index contributed by atoms with van der Waals surface area (Å²) in [7, 11) is 1.54. The molecule has 0 saturated carbocycles. The summed E-state index contributed by atoms with van der Waals surface area (Å²) >= 11 is 0. The van der Waals surface area contributed by atoms with Crippen LogP contribution in [0, 0.1) is 0 Å². The first-order valence-electron chi connectivity index (χ1n) is 7.40. The molecule has 7 heteroatoms. The van der Waals surface area contributed by atoms with Gasteiger partial charge in [-0.2, -0.15) is 0 Å². The van der Waals surface area contributed by atoms with E-state index in [0.29, 0.717) is 23.6 Å². The first-order chi connectivity index (χ1) is 10.9. The highest BCUT2D eigenvalue weighted by Crippen LogP contribution is 2.27. The predicted molar refractivity (Wildman–Crippen MR) is 82.0 cm³/mol. The van der Waals surface area contributed by atoms with Gasteiger partial charge >= 0.3 is 5.97 Å². The molecule has 0 radical (unpaired) electrons. The van der Waals surface area contributed by atoms with Crippen LogP contribution in [0.4, 0.5) is 0 Å². The molecule has 1 saturated heterocycles. The van der Waals surface area contributed by atoms with E-state index in [1.165, 1.54) is 12.0 Å². The number of benzene rings is 1. The minimum atomic E-state index is -1.07. The van der Waals surface area contributed by atoms with Gasteiger partial charge in [-0.3, -0.25) is 4.79 Å². The van der Waals surface area contributed by atoms with Gasteiger partial charge in [0.2, 0.25) is 0 Å². The summed E-state index contributed by atoms with van der Waals surface area (Å²) in [5.41, 5.74) is 0.380. The molecule has 0 aliphatic carbocycles. The van der Waals surface area contributed by atoms with Gasteiger partial charge in [-0.05, 0) is 26.0 Å². The summed E-state index contributed by atoms with van der Waals surface area (Å²) < 4.78 is 16.0. The molecule has 7 nitrogen and oxygen atoms in total. The molecule has 2 rings (SSSR count). The minimum Gasteiger partial charge on any atom is -0.497 e. The zero-order valence-corrected chi connectivity index (χ0v) is 13.4. The Hall–Kier alpha value is -2.28. The lowest BCUT2D eigenvalue weighted by Crippen LogP contribution is -2.48. The molecular formula is C16H21NO6. The second-order valence-corrected chi connectivity index (χ2v) is 5.48. The molecule has 126 valence electrons. The molecule has 1 aromatic rings. The molecule has 1 unspecified atom stereocenters. The van der Waals surface area contributed by atoms with E-state index < -0.39 is 12.1 Å². The second kappa shape index (κ2) is 7.32. The second-order valence-electron chi connectivity index (χ2n) is 5.48. The van der Waals surface area contributed by atoms with Crippen molar-refractivity contribution in [1.29, 1.82) is 0 Å². The monoisotopic (exact) mass is 323 g/mol. The normalized spacial score (nSPS) is 17.9. The molecule has 1 N–H and O–H groups in total. The number of amides is 1. The number of hydrogen-bond acceptors (Lipinski definition) is 5. The number of rotatable bonds is 5. The molecule has 1 aliphatic heterocycles. The number of aliphatic carboxylic acids is 1. The van der Waals surface area contributed by atoms with Crippen molar-refractivity contribution in [1.82, 2.24) is 4.90 Å². The summed E-state index contributed by atoms with van der Waals surface area (Å²) in [6.07, 6.45) is -1.11. The Kier molecular flexibility index (Phi) is 5.44. The summed E-state index contributed by atoms with van der Waals surface area (Å²) in [5, 5.41) is 9.05. The summed E-state index contributed by atoms with van der Waals surface area (Å²) in [4.78, 5) is 25.2. The number of methoxy groups -OCH3 is 1. The van der Waals surface area contributed by atoms with Gasteiger partial charge in [-0.15, -0.1) is 0 Å². The molecule has 1 heterocycles. The molecular weight excluding hydrogens is 302 g/mol. The van der Waals surface area contributed by atoms with E-state index in [1.54, 1.807) is 18.2 Å². The number of nitrogens with zero attached hydrogens (tertiary/aromatic N) is 1. The quantitative estimate of drug-likeness (QED) is 0.882. The lowest BCUT2D eigenvalue weighted by molar-refractivity contribution is -0.154. The maximum absolute atomic E-state index is 12.7. The van der Waals surface area contributed by atoms with Crippen molar-refractivity contribution in [2.24, 2.45) is 0 Å². The van der Waals surface area contributed by atoms with Gasteiger partial charge in [0, 0.05) is 12.6 Å². The van der Waals surface area contributed by atoms with Crippen LogP contribution in [-0.4, -0.2) is 60.9 Å². The van der Waals surface area contributed by atoms with E-state index in [2.05, 4.69) is 0 Å². The molecule has 23 heavy (non-hydrogen) atoms. The molecule has 1 atom stereocenters. The third-order valence-corrected chi connectivity index (χ3v) is 3.41.